The van der Waals surface area contributed by atoms with Crippen molar-refractivity contribution in [3.05, 3.63) is 124 Å². The average Bonchev–Trinajstić information content (AvgIpc) is 2.96. The fourth-order valence-corrected chi connectivity index (χ4v) is 4.02. The van der Waals surface area contributed by atoms with Crippen LogP contribution >= 0.6 is 11.6 Å². The maximum Gasteiger partial charge on any atom is 0.266 e. The smallest absolute Gasteiger partial charge is 0.266 e. The van der Waals surface area contributed by atoms with Crippen molar-refractivity contribution in [2.24, 2.45) is 0 Å². The van der Waals surface area contributed by atoms with Crippen LogP contribution in [0.25, 0.3) is 6.08 Å². The van der Waals surface area contributed by atoms with Gasteiger partial charge >= 0.3 is 0 Å². The first kappa shape index (κ1) is 28.2. The van der Waals surface area contributed by atoms with Crippen LogP contribution in [0.2, 0.25) is 5.02 Å². The Labute approximate surface area is 237 Å². The molecule has 0 aliphatic rings. The summed E-state index contributed by atoms with van der Waals surface area (Å²) in [6.45, 7) is 2.64. The first-order valence-corrected chi connectivity index (χ1v) is 12.9. The Kier molecular flexibility index (Phi) is 9.76. The quantitative estimate of drug-likeness (QED) is 0.152. The SMILES string of the molecule is CCOc1cc(/C=C(\C#N)C(=O)Nc2ccc(OCc3ccccc3)cc2)cc(Cl)c1OCc1cccc(F)c1. The third-order valence-electron chi connectivity index (χ3n) is 5.64. The van der Waals surface area contributed by atoms with E-state index in [0.29, 0.717) is 41.5 Å². The van der Waals surface area contributed by atoms with Gasteiger partial charge in [-0.1, -0.05) is 54.1 Å². The molecule has 1 N–H and O–H groups in total. The fraction of sp³-hybridized carbons (Fsp3) is 0.125. The zero-order chi connectivity index (χ0) is 28.3. The van der Waals surface area contributed by atoms with Gasteiger partial charge in [0.1, 0.15) is 36.4 Å². The number of hydrogen-bond donors (Lipinski definition) is 1. The molecule has 0 bridgehead atoms. The van der Waals surface area contributed by atoms with Crippen molar-refractivity contribution < 1.29 is 23.4 Å². The Hall–Kier alpha value is -4.80. The minimum Gasteiger partial charge on any atom is -0.490 e. The van der Waals surface area contributed by atoms with Crippen molar-refractivity contribution in [1.29, 1.82) is 5.26 Å². The second-order valence-electron chi connectivity index (χ2n) is 8.60. The van der Waals surface area contributed by atoms with Crippen molar-refractivity contribution in [2.45, 2.75) is 20.1 Å². The van der Waals surface area contributed by atoms with Crippen LogP contribution < -0.4 is 19.5 Å². The van der Waals surface area contributed by atoms with E-state index in [1.165, 1.54) is 18.2 Å². The number of nitriles is 1. The van der Waals surface area contributed by atoms with Gasteiger partial charge in [-0.25, -0.2) is 4.39 Å². The summed E-state index contributed by atoms with van der Waals surface area (Å²) in [6.07, 6.45) is 1.41. The van der Waals surface area contributed by atoms with E-state index in [0.717, 1.165) is 5.56 Å². The molecule has 0 fully saturated rings. The molecule has 0 saturated carbocycles. The average molecular weight is 557 g/mol. The number of benzene rings is 4. The van der Waals surface area contributed by atoms with Gasteiger partial charge in [0.05, 0.1) is 11.6 Å². The minimum atomic E-state index is -0.582. The van der Waals surface area contributed by atoms with E-state index < -0.39 is 5.91 Å². The van der Waals surface area contributed by atoms with Crippen LogP contribution in [-0.2, 0) is 18.0 Å². The van der Waals surface area contributed by atoms with Gasteiger partial charge in [-0.15, -0.1) is 0 Å². The number of nitrogens with zero attached hydrogens (tertiary/aromatic N) is 1. The zero-order valence-corrected chi connectivity index (χ0v) is 22.5. The number of carbonyl (C=O) groups excluding carboxylic acids is 1. The van der Waals surface area contributed by atoms with Gasteiger partial charge in [-0.3, -0.25) is 4.79 Å². The van der Waals surface area contributed by atoms with Crippen molar-refractivity contribution in [3.63, 3.8) is 0 Å². The van der Waals surface area contributed by atoms with Crippen LogP contribution in [0, 0.1) is 17.1 Å². The van der Waals surface area contributed by atoms with Crippen molar-refractivity contribution in [1.82, 2.24) is 0 Å². The lowest BCUT2D eigenvalue weighted by Crippen LogP contribution is -2.13. The molecule has 0 aliphatic carbocycles. The molecule has 0 aliphatic heterocycles. The van der Waals surface area contributed by atoms with Crippen LogP contribution in [0.5, 0.6) is 17.2 Å². The molecule has 0 unspecified atom stereocenters. The van der Waals surface area contributed by atoms with Gasteiger partial charge in [-0.05, 0) is 78.2 Å². The van der Waals surface area contributed by atoms with Crippen molar-refractivity contribution in [3.8, 4) is 23.3 Å². The third-order valence-corrected chi connectivity index (χ3v) is 5.92. The molecule has 0 saturated heterocycles. The number of halogens is 2. The van der Waals surface area contributed by atoms with Crippen molar-refractivity contribution >= 4 is 29.3 Å². The molecule has 4 aromatic carbocycles. The summed E-state index contributed by atoms with van der Waals surface area (Å²) in [6, 6.07) is 27.8. The van der Waals surface area contributed by atoms with E-state index in [1.807, 2.05) is 36.4 Å². The number of carbonyl (C=O) groups is 1. The molecule has 0 aromatic heterocycles. The lowest BCUT2D eigenvalue weighted by atomic mass is 10.1. The first-order valence-electron chi connectivity index (χ1n) is 12.5. The van der Waals surface area contributed by atoms with Gasteiger partial charge in [-0.2, -0.15) is 5.26 Å². The number of rotatable bonds is 11. The number of anilines is 1. The molecular formula is C32H26ClFN2O4. The van der Waals surface area contributed by atoms with E-state index in [4.69, 9.17) is 25.8 Å². The van der Waals surface area contributed by atoms with E-state index in [2.05, 4.69) is 5.32 Å². The third kappa shape index (κ3) is 7.85. The van der Waals surface area contributed by atoms with Crippen LogP contribution in [0.1, 0.15) is 23.6 Å². The summed E-state index contributed by atoms with van der Waals surface area (Å²) in [5.41, 5.74) is 2.52. The lowest BCUT2D eigenvalue weighted by molar-refractivity contribution is -0.112. The molecule has 0 spiro atoms. The molecule has 1 amide bonds. The Balaban J connectivity index is 1.44. The van der Waals surface area contributed by atoms with E-state index >= 15 is 0 Å². The predicted molar refractivity (Wildman–Crippen MR) is 153 cm³/mol. The van der Waals surface area contributed by atoms with E-state index in [9.17, 15) is 14.4 Å². The number of nitrogens with one attached hydrogen (secondary N) is 1. The Morgan fingerprint density at radius 2 is 1.65 bits per heavy atom. The van der Waals surface area contributed by atoms with E-state index in [1.54, 1.807) is 55.5 Å². The molecule has 0 radical (unpaired) electrons. The van der Waals surface area contributed by atoms with E-state index in [-0.39, 0.29) is 28.8 Å². The summed E-state index contributed by atoms with van der Waals surface area (Å²) >= 11 is 6.48. The lowest BCUT2D eigenvalue weighted by Gasteiger charge is -2.15. The molecule has 0 atom stereocenters. The van der Waals surface area contributed by atoms with Crippen LogP contribution in [0.4, 0.5) is 10.1 Å². The Morgan fingerprint density at radius 1 is 0.925 bits per heavy atom. The summed E-state index contributed by atoms with van der Waals surface area (Å²) in [5, 5.41) is 12.6. The molecule has 202 valence electrons. The highest BCUT2D eigenvalue weighted by Gasteiger charge is 2.15. The predicted octanol–water partition coefficient (Wildman–Crippen LogP) is 7.58. The number of amides is 1. The van der Waals surface area contributed by atoms with Gasteiger partial charge < -0.3 is 19.5 Å². The van der Waals surface area contributed by atoms with Crippen LogP contribution in [0.3, 0.4) is 0 Å². The highest BCUT2D eigenvalue weighted by molar-refractivity contribution is 6.32. The molecule has 4 aromatic rings. The maximum absolute atomic E-state index is 13.5. The van der Waals surface area contributed by atoms with Gasteiger partial charge in [0.15, 0.2) is 11.5 Å². The highest BCUT2D eigenvalue weighted by atomic mass is 35.5. The molecule has 6 nitrogen and oxygen atoms in total. The largest absolute Gasteiger partial charge is 0.490 e. The molecular weight excluding hydrogens is 531 g/mol. The Morgan fingerprint density at radius 3 is 2.35 bits per heavy atom. The highest BCUT2D eigenvalue weighted by Crippen LogP contribution is 2.38. The maximum atomic E-state index is 13.5. The molecule has 8 heteroatoms. The standard InChI is InChI=1S/C32H26ClFN2O4/c1-2-38-30-18-24(17-29(33)31(30)40-21-23-9-6-10-26(34)16-23)15-25(19-35)32(37)36-27-11-13-28(14-12-27)39-20-22-7-4-3-5-8-22/h3-18H,2,20-21H2,1H3,(H,36,37)/b25-15+. The van der Waals surface area contributed by atoms with Crippen LogP contribution in [0.15, 0.2) is 96.6 Å². The van der Waals surface area contributed by atoms with Gasteiger partial charge in [0.2, 0.25) is 0 Å². The van der Waals surface area contributed by atoms with Crippen LogP contribution in [-0.4, -0.2) is 12.5 Å². The monoisotopic (exact) mass is 556 g/mol. The summed E-state index contributed by atoms with van der Waals surface area (Å²) in [7, 11) is 0. The Bertz CT molecular complexity index is 1530. The molecule has 40 heavy (non-hydrogen) atoms. The molecule has 0 heterocycles. The molecule has 4 rings (SSSR count). The summed E-state index contributed by atoms with van der Waals surface area (Å²) in [4.78, 5) is 12.8. The topological polar surface area (TPSA) is 80.6 Å². The number of ether oxygens (including phenoxy) is 3. The fourth-order valence-electron chi connectivity index (χ4n) is 3.75. The number of hydrogen-bond acceptors (Lipinski definition) is 5. The summed E-state index contributed by atoms with van der Waals surface area (Å²) < 4.78 is 30.8. The van der Waals surface area contributed by atoms with Crippen molar-refractivity contribution in [2.75, 3.05) is 11.9 Å². The normalized spacial score (nSPS) is 10.9. The first-order chi connectivity index (χ1) is 19.4. The van der Waals surface area contributed by atoms with Gasteiger partial charge in [0.25, 0.3) is 5.91 Å². The zero-order valence-electron chi connectivity index (χ0n) is 21.7. The van der Waals surface area contributed by atoms with Gasteiger partial charge in [0, 0.05) is 5.69 Å². The summed E-state index contributed by atoms with van der Waals surface area (Å²) in [5.74, 6) is 0.313. The second-order valence-corrected chi connectivity index (χ2v) is 9.01. The second kappa shape index (κ2) is 13.8. The minimum absolute atomic E-state index is 0.0781.